The van der Waals surface area contributed by atoms with Crippen LogP contribution in [0.1, 0.15) is 32.6 Å². The third kappa shape index (κ3) is 4.44. The van der Waals surface area contributed by atoms with E-state index in [1.165, 1.54) is 12.8 Å². The molecule has 0 radical (unpaired) electrons. The van der Waals surface area contributed by atoms with Gasteiger partial charge in [0.25, 0.3) is 0 Å². The predicted molar refractivity (Wildman–Crippen MR) is 98.0 cm³/mol. The molecule has 0 atom stereocenters. The normalized spacial score (nSPS) is 19.7. The van der Waals surface area contributed by atoms with Crippen LogP contribution in [0, 0.1) is 11.8 Å². The number of carbonyl (C=O) groups is 2. The van der Waals surface area contributed by atoms with Gasteiger partial charge in [-0.2, -0.15) is 0 Å². The third-order valence-electron chi connectivity index (χ3n) is 5.38. The maximum Gasteiger partial charge on any atom is 0.321 e. The number of piperidine rings is 2. The molecule has 2 aliphatic heterocycles. The largest absolute Gasteiger partial charge is 0.481 e. The molecule has 1 aromatic rings. The summed E-state index contributed by atoms with van der Waals surface area (Å²) in [5.74, 6) is -0.301. The van der Waals surface area contributed by atoms with Gasteiger partial charge in [0.2, 0.25) is 0 Å². The van der Waals surface area contributed by atoms with Crippen LogP contribution in [0.3, 0.4) is 0 Å². The number of benzene rings is 1. The Morgan fingerprint density at radius 2 is 1.76 bits per heavy atom. The zero-order valence-corrected chi connectivity index (χ0v) is 14.8. The van der Waals surface area contributed by atoms with Crippen molar-refractivity contribution in [1.29, 1.82) is 0 Å². The number of rotatable bonds is 3. The smallest absolute Gasteiger partial charge is 0.321 e. The van der Waals surface area contributed by atoms with Crippen LogP contribution >= 0.6 is 0 Å². The van der Waals surface area contributed by atoms with E-state index < -0.39 is 5.97 Å². The second-order valence-corrected chi connectivity index (χ2v) is 7.25. The van der Waals surface area contributed by atoms with Gasteiger partial charge >= 0.3 is 12.0 Å². The second-order valence-electron chi connectivity index (χ2n) is 7.25. The Balaban J connectivity index is 1.57. The van der Waals surface area contributed by atoms with Crippen molar-refractivity contribution >= 4 is 23.4 Å². The average molecular weight is 345 g/mol. The first kappa shape index (κ1) is 17.6. The highest BCUT2D eigenvalue weighted by atomic mass is 16.4. The first-order chi connectivity index (χ1) is 12.0. The molecule has 0 spiro atoms. The molecule has 0 saturated carbocycles. The van der Waals surface area contributed by atoms with E-state index in [0.29, 0.717) is 25.9 Å². The van der Waals surface area contributed by atoms with Crippen molar-refractivity contribution in [1.82, 2.24) is 4.90 Å². The van der Waals surface area contributed by atoms with E-state index in [1.54, 1.807) is 4.90 Å². The molecule has 3 rings (SSSR count). The fraction of sp³-hybridized carbons (Fsp3) is 0.579. The van der Waals surface area contributed by atoms with E-state index in [0.717, 1.165) is 30.4 Å². The summed E-state index contributed by atoms with van der Waals surface area (Å²) in [5.41, 5.74) is 1.94. The van der Waals surface area contributed by atoms with E-state index in [2.05, 4.69) is 23.2 Å². The van der Waals surface area contributed by atoms with Gasteiger partial charge < -0.3 is 20.2 Å². The first-order valence-corrected chi connectivity index (χ1v) is 9.16. The lowest BCUT2D eigenvalue weighted by Crippen LogP contribution is -2.42. The van der Waals surface area contributed by atoms with Gasteiger partial charge in [0.05, 0.1) is 5.92 Å². The van der Waals surface area contributed by atoms with Gasteiger partial charge in [-0.05, 0) is 49.8 Å². The molecule has 25 heavy (non-hydrogen) atoms. The molecule has 6 nitrogen and oxygen atoms in total. The number of aliphatic carboxylic acids is 1. The van der Waals surface area contributed by atoms with Crippen LogP contribution in [0.25, 0.3) is 0 Å². The molecule has 1 aromatic carbocycles. The number of urea groups is 1. The van der Waals surface area contributed by atoms with Crippen LogP contribution in [0.5, 0.6) is 0 Å². The van der Waals surface area contributed by atoms with Gasteiger partial charge in [-0.1, -0.05) is 13.0 Å². The number of hydrogen-bond acceptors (Lipinski definition) is 3. The zero-order chi connectivity index (χ0) is 17.8. The van der Waals surface area contributed by atoms with Gasteiger partial charge in [-0.25, -0.2) is 4.79 Å². The van der Waals surface area contributed by atoms with Crippen LogP contribution in [0.4, 0.5) is 16.2 Å². The minimum Gasteiger partial charge on any atom is -0.481 e. The Kier molecular flexibility index (Phi) is 5.46. The molecular weight excluding hydrogens is 318 g/mol. The molecule has 2 saturated heterocycles. The predicted octanol–water partition coefficient (Wildman–Crippen LogP) is 3.25. The van der Waals surface area contributed by atoms with Crippen LogP contribution in [0.15, 0.2) is 24.3 Å². The minimum absolute atomic E-state index is 0.145. The number of carboxylic acid groups (broad SMARTS) is 1. The summed E-state index contributed by atoms with van der Waals surface area (Å²) in [4.78, 5) is 27.5. The molecule has 0 aromatic heterocycles. The van der Waals surface area contributed by atoms with Crippen molar-refractivity contribution in [3.63, 3.8) is 0 Å². The van der Waals surface area contributed by atoms with Gasteiger partial charge in [0.1, 0.15) is 0 Å². The molecule has 2 fully saturated rings. The Morgan fingerprint density at radius 1 is 1.08 bits per heavy atom. The maximum absolute atomic E-state index is 12.4. The SMILES string of the molecule is CC1CCN(c2cccc(NC(=O)N3CCC(C(=O)O)CC3)c2)CC1. The number of hydrogen-bond donors (Lipinski definition) is 2. The van der Waals surface area contributed by atoms with Crippen LogP contribution in [0.2, 0.25) is 0 Å². The summed E-state index contributed by atoms with van der Waals surface area (Å²) in [6, 6.07) is 7.84. The molecule has 136 valence electrons. The highest BCUT2D eigenvalue weighted by Crippen LogP contribution is 2.25. The van der Waals surface area contributed by atoms with E-state index >= 15 is 0 Å². The summed E-state index contributed by atoms with van der Waals surface area (Å²) in [5, 5.41) is 12.0. The number of nitrogens with one attached hydrogen (secondary N) is 1. The molecule has 2 heterocycles. The first-order valence-electron chi connectivity index (χ1n) is 9.16. The van der Waals surface area contributed by atoms with E-state index in [9.17, 15) is 9.59 Å². The Hall–Kier alpha value is -2.24. The maximum atomic E-state index is 12.4. The van der Waals surface area contributed by atoms with E-state index in [-0.39, 0.29) is 11.9 Å². The topological polar surface area (TPSA) is 72.9 Å². The molecule has 0 bridgehead atoms. The van der Waals surface area contributed by atoms with Gasteiger partial charge in [0, 0.05) is 37.6 Å². The summed E-state index contributed by atoms with van der Waals surface area (Å²) < 4.78 is 0. The molecule has 0 unspecified atom stereocenters. The zero-order valence-electron chi connectivity index (χ0n) is 14.8. The minimum atomic E-state index is -0.761. The van der Waals surface area contributed by atoms with Crippen LogP contribution in [-0.4, -0.2) is 48.2 Å². The summed E-state index contributed by atoms with van der Waals surface area (Å²) >= 11 is 0. The summed E-state index contributed by atoms with van der Waals surface area (Å²) in [7, 11) is 0. The molecule has 2 amide bonds. The van der Waals surface area contributed by atoms with Gasteiger partial charge in [0.15, 0.2) is 0 Å². The number of anilines is 2. The summed E-state index contributed by atoms with van der Waals surface area (Å²) in [6.07, 6.45) is 3.45. The van der Waals surface area contributed by atoms with Crippen molar-refractivity contribution in [2.75, 3.05) is 36.4 Å². The highest BCUT2D eigenvalue weighted by Gasteiger charge is 2.27. The Bertz CT molecular complexity index is 618. The van der Waals surface area contributed by atoms with Crippen LogP contribution in [-0.2, 0) is 4.79 Å². The van der Waals surface area contributed by atoms with E-state index in [4.69, 9.17) is 5.11 Å². The monoisotopic (exact) mass is 345 g/mol. The molecule has 2 N–H and O–H groups in total. The lowest BCUT2D eigenvalue weighted by molar-refractivity contribution is -0.143. The van der Waals surface area contributed by atoms with Crippen molar-refractivity contribution in [2.24, 2.45) is 11.8 Å². The highest BCUT2D eigenvalue weighted by molar-refractivity contribution is 5.90. The van der Waals surface area contributed by atoms with Gasteiger partial charge in [-0.15, -0.1) is 0 Å². The Morgan fingerprint density at radius 3 is 2.40 bits per heavy atom. The van der Waals surface area contributed by atoms with Crippen molar-refractivity contribution in [2.45, 2.75) is 32.6 Å². The Labute approximate surface area is 148 Å². The lowest BCUT2D eigenvalue weighted by atomic mass is 9.97. The molecular formula is C19H27N3O3. The standard InChI is InChI=1S/C19H27N3O3/c1-14-5-9-21(10-6-14)17-4-2-3-16(13-17)20-19(25)22-11-7-15(8-12-22)18(23)24/h2-4,13-15H,5-12H2,1H3,(H,20,25)(H,23,24). The average Bonchev–Trinajstić information content (AvgIpc) is 2.62. The fourth-order valence-corrected chi connectivity index (χ4v) is 3.58. The molecule has 2 aliphatic rings. The summed E-state index contributed by atoms with van der Waals surface area (Å²) in [6.45, 7) is 5.39. The van der Waals surface area contributed by atoms with Crippen molar-refractivity contribution in [3.8, 4) is 0 Å². The number of nitrogens with zero attached hydrogens (tertiary/aromatic N) is 2. The number of carbonyl (C=O) groups excluding carboxylic acids is 1. The van der Waals surface area contributed by atoms with Crippen molar-refractivity contribution in [3.05, 3.63) is 24.3 Å². The lowest BCUT2D eigenvalue weighted by Gasteiger charge is -2.32. The number of likely N-dealkylation sites (tertiary alicyclic amines) is 1. The van der Waals surface area contributed by atoms with Crippen molar-refractivity contribution < 1.29 is 14.7 Å². The second kappa shape index (κ2) is 7.76. The third-order valence-corrected chi connectivity index (χ3v) is 5.38. The fourth-order valence-electron chi connectivity index (χ4n) is 3.58. The number of amides is 2. The quantitative estimate of drug-likeness (QED) is 0.882. The molecule has 6 heteroatoms. The van der Waals surface area contributed by atoms with Crippen LogP contribution < -0.4 is 10.2 Å². The van der Waals surface area contributed by atoms with Gasteiger partial charge in [-0.3, -0.25) is 4.79 Å². The van der Waals surface area contributed by atoms with E-state index in [1.807, 2.05) is 18.2 Å². The molecule has 0 aliphatic carbocycles. The number of carboxylic acids is 1.